The Labute approximate surface area is 104 Å². The van der Waals surface area contributed by atoms with E-state index in [4.69, 9.17) is 4.74 Å². The summed E-state index contributed by atoms with van der Waals surface area (Å²) >= 11 is 0. The Morgan fingerprint density at radius 2 is 1.94 bits per heavy atom. The summed E-state index contributed by atoms with van der Waals surface area (Å²) < 4.78 is 19.9. The number of rotatable bonds is 3. The number of imidazole rings is 1. The molecule has 1 aromatic carbocycles. The normalized spacial score (nSPS) is 10.4. The lowest BCUT2D eigenvalue weighted by Gasteiger charge is -2.05. The first-order chi connectivity index (χ1) is 8.49. The van der Waals surface area contributed by atoms with E-state index in [-0.39, 0.29) is 11.6 Å². The lowest BCUT2D eigenvalue weighted by atomic mass is 10.2. The molecule has 0 spiro atoms. The summed E-state index contributed by atoms with van der Waals surface area (Å²) in [5.41, 5.74) is 1.12. The first kappa shape index (κ1) is 12.3. The molecule has 2 rings (SSSR count). The van der Waals surface area contributed by atoms with Crippen LogP contribution in [0.1, 0.15) is 23.1 Å². The van der Waals surface area contributed by atoms with Crippen LogP contribution in [-0.2, 0) is 7.05 Å². The predicted octanol–water partition coefficient (Wildman–Crippen LogP) is 2.86. The SMILES string of the molecule is CC(=O)c1c(C)nc(Oc2ccc(F)cc2)n1C. The number of carbonyl (C=O) groups excluding carboxylic acids is 1. The summed E-state index contributed by atoms with van der Waals surface area (Å²) in [5.74, 6) is 0.0684. The molecule has 0 fully saturated rings. The van der Waals surface area contributed by atoms with Crippen LogP contribution in [0.25, 0.3) is 0 Å². The number of hydrogen-bond donors (Lipinski definition) is 0. The van der Waals surface area contributed by atoms with E-state index < -0.39 is 0 Å². The Hall–Kier alpha value is -2.17. The van der Waals surface area contributed by atoms with Gasteiger partial charge in [-0.1, -0.05) is 0 Å². The third-order valence-corrected chi connectivity index (χ3v) is 2.58. The maximum absolute atomic E-state index is 12.8. The van der Waals surface area contributed by atoms with Crippen molar-refractivity contribution in [2.75, 3.05) is 0 Å². The average Bonchev–Trinajstić information content (AvgIpc) is 2.57. The van der Waals surface area contributed by atoms with Gasteiger partial charge in [0, 0.05) is 14.0 Å². The van der Waals surface area contributed by atoms with Gasteiger partial charge in [-0.15, -0.1) is 0 Å². The molecule has 0 amide bonds. The number of aryl methyl sites for hydroxylation is 1. The van der Waals surface area contributed by atoms with Crippen LogP contribution in [0.4, 0.5) is 4.39 Å². The number of hydrogen-bond acceptors (Lipinski definition) is 3. The van der Waals surface area contributed by atoms with Gasteiger partial charge < -0.3 is 4.74 Å². The summed E-state index contributed by atoms with van der Waals surface area (Å²) in [6.07, 6.45) is 0. The van der Waals surface area contributed by atoms with Crippen LogP contribution in [0.3, 0.4) is 0 Å². The molecule has 0 bridgehead atoms. The number of ether oxygens (including phenoxy) is 1. The molecule has 94 valence electrons. The molecule has 0 aliphatic heterocycles. The van der Waals surface area contributed by atoms with Gasteiger partial charge in [-0.2, -0.15) is 4.98 Å². The molecule has 0 atom stereocenters. The van der Waals surface area contributed by atoms with Gasteiger partial charge >= 0.3 is 6.01 Å². The van der Waals surface area contributed by atoms with Crippen molar-refractivity contribution in [2.24, 2.45) is 7.05 Å². The van der Waals surface area contributed by atoms with Crippen LogP contribution in [0.15, 0.2) is 24.3 Å². The minimum absolute atomic E-state index is 0.0727. The maximum atomic E-state index is 12.8. The van der Waals surface area contributed by atoms with E-state index in [1.807, 2.05) is 0 Å². The van der Waals surface area contributed by atoms with Gasteiger partial charge in [0.15, 0.2) is 5.78 Å². The average molecular weight is 248 g/mol. The third kappa shape index (κ3) is 2.25. The van der Waals surface area contributed by atoms with E-state index in [1.165, 1.54) is 31.2 Å². The number of aromatic nitrogens is 2. The lowest BCUT2D eigenvalue weighted by molar-refractivity contribution is 0.100. The number of halogens is 1. The fourth-order valence-electron chi connectivity index (χ4n) is 1.80. The summed E-state index contributed by atoms with van der Waals surface area (Å²) in [5, 5.41) is 0. The first-order valence-corrected chi connectivity index (χ1v) is 5.46. The standard InChI is InChI=1S/C13H13FN2O2/c1-8-12(9(2)17)16(3)13(15-8)18-11-6-4-10(14)5-7-11/h4-7H,1-3H3. The quantitative estimate of drug-likeness (QED) is 0.784. The van der Waals surface area contributed by atoms with Crippen LogP contribution >= 0.6 is 0 Å². The molecule has 0 saturated carbocycles. The van der Waals surface area contributed by atoms with Gasteiger partial charge in [0.2, 0.25) is 0 Å². The van der Waals surface area contributed by atoms with E-state index in [0.717, 1.165) is 0 Å². The highest BCUT2D eigenvalue weighted by atomic mass is 19.1. The molecule has 0 unspecified atom stereocenters. The van der Waals surface area contributed by atoms with Crippen LogP contribution < -0.4 is 4.74 Å². The summed E-state index contributed by atoms with van der Waals surface area (Å²) in [6, 6.07) is 5.93. The lowest BCUT2D eigenvalue weighted by Crippen LogP contribution is -2.04. The van der Waals surface area contributed by atoms with Gasteiger partial charge in [0.25, 0.3) is 0 Å². The Bertz CT molecular complexity index is 588. The highest BCUT2D eigenvalue weighted by Crippen LogP contribution is 2.23. The van der Waals surface area contributed by atoms with Crippen molar-refractivity contribution in [1.29, 1.82) is 0 Å². The molecule has 0 radical (unpaired) electrons. The molecule has 2 aromatic rings. The van der Waals surface area contributed by atoms with E-state index in [2.05, 4.69) is 4.98 Å². The minimum Gasteiger partial charge on any atom is -0.426 e. The van der Waals surface area contributed by atoms with Gasteiger partial charge in [-0.25, -0.2) is 4.39 Å². The van der Waals surface area contributed by atoms with Crippen LogP contribution in [0.2, 0.25) is 0 Å². The highest BCUT2D eigenvalue weighted by molar-refractivity contribution is 5.93. The topological polar surface area (TPSA) is 44.1 Å². The van der Waals surface area contributed by atoms with Gasteiger partial charge in [0.05, 0.1) is 5.69 Å². The molecular formula is C13H13FN2O2. The second-order valence-electron chi connectivity index (χ2n) is 4.00. The Morgan fingerprint density at radius 1 is 1.33 bits per heavy atom. The van der Waals surface area contributed by atoms with E-state index in [0.29, 0.717) is 23.1 Å². The summed E-state index contributed by atoms with van der Waals surface area (Å²) in [6.45, 7) is 3.22. The van der Waals surface area contributed by atoms with Crippen molar-refractivity contribution >= 4 is 5.78 Å². The molecule has 18 heavy (non-hydrogen) atoms. The molecule has 0 saturated heterocycles. The second kappa shape index (κ2) is 4.60. The Morgan fingerprint density at radius 3 is 2.44 bits per heavy atom. The zero-order valence-electron chi connectivity index (χ0n) is 10.4. The molecule has 5 heteroatoms. The number of Topliss-reactive ketones (excluding diaryl/α,β-unsaturated/α-hetero) is 1. The third-order valence-electron chi connectivity index (χ3n) is 2.58. The van der Waals surface area contributed by atoms with E-state index >= 15 is 0 Å². The Balaban J connectivity index is 2.33. The zero-order valence-corrected chi connectivity index (χ0v) is 10.4. The molecule has 1 heterocycles. The van der Waals surface area contributed by atoms with E-state index in [9.17, 15) is 9.18 Å². The number of carbonyl (C=O) groups is 1. The van der Waals surface area contributed by atoms with Crippen molar-refractivity contribution in [3.05, 3.63) is 41.5 Å². The molecule has 1 aromatic heterocycles. The summed E-state index contributed by atoms with van der Waals surface area (Å²) in [4.78, 5) is 15.6. The van der Waals surface area contributed by atoms with Crippen molar-refractivity contribution in [2.45, 2.75) is 13.8 Å². The maximum Gasteiger partial charge on any atom is 0.302 e. The number of nitrogens with zero attached hydrogens (tertiary/aromatic N) is 2. The van der Waals surface area contributed by atoms with Crippen molar-refractivity contribution in [3.8, 4) is 11.8 Å². The Kier molecular flexibility index (Phi) is 3.14. The predicted molar refractivity (Wildman–Crippen MR) is 64.4 cm³/mol. The smallest absolute Gasteiger partial charge is 0.302 e. The first-order valence-electron chi connectivity index (χ1n) is 5.46. The van der Waals surface area contributed by atoms with Gasteiger partial charge in [0.1, 0.15) is 17.3 Å². The fraction of sp³-hybridized carbons (Fsp3) is 0.231. The van der Waals surface area contributed by atoms with Crippen molar-refractivity contribution < 1.29 is 13.9 Å². The van der Waals surface area contributed by atoms with Crippen LogP contribution in [-0.4, -0.2) is 15.3 Å². The molecular weight excluding hydrogens is 235 g/mol. The van der Waals surface area contributed by atoms with Crippen LogP contribution in [0, 0.1) is 12.7 Å². The van der Waals surface area contributed by atoms with Crippen molar-refractivity contribution in [3.63, 3.8) is 0 Å². The summed E-state index contributed by atoms with van der Waals surface area (Å²) in [7, 11) is 1.70. The monoisotopic (exact) mass is 248 g/mol. The molecule has 0 N–H and O–H groups in total. The van der Waals surface area contributed by atoms with Gasteiger partial charge in [-0.05, 0) is 31.2 Å². The molecule has 0 aliphatic rings. The zero-order chi connectivity index (χ0) is 13.3. The molecule has 4 nitrogen and oxygen atoms in total. The van der Waals surface area contributed by atoms with Gasteiger partial charge in [-0.3, -0.25) is 9.36 Å². The minimum atomic E-state index is -0.331. The highest BCUT2D eigenvalue weighted by Gasteiger charge is 2.16. The number of ketones is 1. The largest absolute Gasteiger partial charge is 0.426 e. The fourth-order valence-corrected chi connectivity index (χ4v) is 1.80. The molecule has 0 aliphatic carbocycles. The second-order valence-corrected chi connectivity index (χ2v) is 4.00. The van der Waals surface area contributed by atoms with Crippen molar-refractivity contribution in [1.82, 2.24) is 9.55 Å². The van der Waals surface area contributed by atoms with Crippen LogP contribution in [0.5, 0.6) is 11.8 Å². The number of benzene rings is 1. The van der Waals surface area contributed by atoms with E-state index in [1.54, 1.807) is 18.5 Å².